The summed E-state index contributed by atoms with van der Waals surface area (Å²) in [5, 5.41) is 0. The second-order valence-electron chi connectivity index (χ2n) is 3.79. The Morgan fingerprint density at radius 3 is 2.06 bits per heavy atom. The second kappa shape index (κ2) is 6.11. The van der Waals surface area contributed by atoms with Gasteiger partial charge in [0.2, 0.25) is 0 Å². The predicted octanol–water partition coefficient (Wildman–Crippen LogP) is 3.92. The van der Waals surface area contributed by atoms with E-state index in [0.29, 0.717) is 5.92 Å². The fourth-order valence-corrected chi connectivity index (χ4v) is 1.95. The van der Waals surface area contributed by atoms with Gasteiger partial charge in [-0.1, -0.05) is 19.1 Å². The Kier molecular flexibility index (Phi) is 4.79. The molecule has 0 spiro atoms. The minimum atomic E-state index is -0.187. The minimum Gasteiger partial charge on any atom is -0.344 e. The monoisotopic (exact) mass is 232 g/mol. The van der Waals surface area contributed by atoms with Crippen LogP contribution in [0.5, 0.6) is 0 Å². The predicted molar refractivity (Wildman–Crippen MR) is 67.8 cm³/mol. The van der Waals surface area contributed by atoms with Crippen LogP contribution < -0.4 is 6.15 Å². The highest BCUT2D eigenvalue weighted by Gasteiger charge is 2.11. The van der Waals surface area contributed by atoms with Crippen LogP contribution in [0.3, 0.4) is 0 Å². The van der Waals surface area contributed by atoms with E-state index >= 15 is 0 Å². The summed E-state index contributed by atoms with van der Waals surface area (Å²) < 4.78 is 12.8. The molecule has 1 unspecified atom stereocenters. The Morgan fingerprint density at radius 1 is 1.00 bits per heavy atom. The largest absolute Gasteiger partial charge is 0.344 e. The van der Waals surface area contributed by atoms with Gasteiger partial charge in [0.1, 0.15) is 5.82 Å². The van der Waals surface area contributed by atoms with Crippen molar-refractivity contribution in [2.45, 2.75) is 19.3 Å². The summed E-state index contributed by atoms with van der Waals surface area (Å²) in [7, 11) is 0. The molecule has 1 aromatic heterocycles. The lowest BCUT2D eigenvalue weighted by Gasteiger charge is -2.15. The first kappa shape index (κ1) is 13.3. The van der Waals surface area contributed by atoms with E-state index < -0.39 is 0 Å². The molecule has 0 saturated heterocycles. The maximum atomic E-state index is 12.8. The third kappa shape index (κ3) is 3.11. The van der Waals surface area contributed by atoms with Crippen molar-refractivity contribution in [2.75, 3.05) is 0 Å². The molecule has 2 nitrogen and oxygen atoms in total. The quantitative estimate of drug-likeness (QED) is 0.871. The van der Waals surface area contributed by atoms with E-state index in [9.17, 15) is 4.39 Å². The van der Waals surface area contributed by atoms with E-state index in [1.54, 1.807) is 12.4 Å². The van der Waals surface area contributed by atoms with Crippen LogP contribution in [0.4, 0.5) is 4.39 Å². The molecule has 0 aliphatic carbocycles. The number of rotatable bonds is 3. The lowest BCUT2D eigenvalue weighted by Crippen LogP contribution is -1.99. The molecule has 0 bridgehead atoms. The number of hydrogen-bond donors (Lipinski definition) is 1. The number of hydrogen-bond acceptors (Lipinski definition) is 2. The van der Waals surface area contributed by atoms with Gasteiger partial charge in [0.05, 0.1) is 0 Å². The smallest absolute Gasteiger partial charge is 0.123 e. The van der Waals surface area contributed by atoms with Crippen LogP contribution >= 0.6 is 0 Å². The van der Waals surface area contributed by atoms with Gasteiger partial charge in [-0.25, -0.2) is 4.39 Å². The maximum Gasteiger partial charge on any atom is 0.123 e. The van der Waals surface area contributed by atoms with Crippen molar-refractivity contribution >= 4 is 0 Å². The normalized spacial score (nSPS) is 11.6. The molecular formula is C14H17FN2. The van der Waals surface area contributed by atoms with Crippen LogP contribution in [0.25, 0.3) is 0 Å². The SMILES string of the molecule is CCC(c1ccncc1)c1ccc(F)cc1.N. The van der Waals surface area contributed by atoms with Crippen LogP contribution in [0.1, 0.15) is 30.4 Å². The molecule has 1 atom stereocenters. The van der Waals surface area contributed by atoms with Crippen molar-refractivity contribution in [2.24, 2.45) is 0 Å². The van der Waals surface area contributed by atoms with E-state index in [4.69, 9.17) is 0 Å². The highest BCUT2D eigenvalue weighted by molar-refractivity contribution is 5.31. The van der Waals surface area contributed by atoms with Gasteiger partial charge in [0, 0.05) is 18.3 Å². The van der Waals surface area contributed by atoms with Crippen molar-refractivity contribution < 1.29 is 4.39 Å². The molecule has 3 heteroatoms. The minimum absolute atomic E-state index is 0. The maximum absolute atomic E-state index is 12.8. The standard InChI is InChI=1S/C14H14FN.H3N/c1-2-14(12-7-9-16-10-8-12)11-3-5-13(15)6-4-11;/h3-10,14H,2H2,1H3;1H3. The van der Waals surface area contributed by atoms with Gasteiger partial charge < -0.3 is 6.15 Å². The average Bonchev–Trinajstić information content (AvgIpc) is 2.34. The molecule has 1 heterocycles. The Balaban J connectivity index is 0.00000144. The van der Waals surface area contributed by atoms with Gasteiger partial charge in [-0.05, 0) is 41.8 Å². The van der Waals surface area contributed by atoms with Crippen LogP contribution in [0, 0.1) is 5.82 Å². The van der Waals surface area contributed by atoms with Crippen LogP contribution in [-0.4, -0.2) is 4.98 Å². The molecule has 1 aromatic carbocycles. The Labute approximate surface area is 101 Å². The molecule has 3 N–H and O–H groups in total. The highest BCUT2D eigenvalue weighted by atomic mass is 19.1. The fraction of sp³-hybridized carbons (Fsp3) is 0.214. The summed E-state index contributed by atoms with van der Waals surface area (Å²) >= 11 is 0. The molecule has 0 aliphatic heterocycles. The van der Waals surface area contributed by atoms with Crippen molar-refractivity contribution in [3.8, 4) is 0 Å². The second-order valence-corrected chi connectivity index (χ2v) is 3.79. The number of halogens is 1. The van der Waals surface area contributed by atoms with E-state index in [1.165, 1.54) is 17.7 Å². The van der Waals surface area contributed by atoms with Gasteiger partial charge in [0.15, 0.2) is 0 Å². The first-order valence-electron chi connectivity index (χ1n) is 5.46. The van der Waals surface area contributed by atoms with Gasteiger partial charge in [-0.15, -0.1) is 0 Å². The molecule has 2 aromatic rings. The number of benzene rings is 1. The summed E-state index contributed by atoms with van der Waals surface area (Å²) in [5.41, 5.74) is 2.37. The Bertz CT molecular complexity index is 440. The molecule has 0 radical (unpaired) electrons. The van der Waals surface area contributed by atoms with Gasteiger partial charge in [-0.2, -0.15) is 0 Å². The average molecular weight is 232 g/mol. The highest BCUT2D eigenvalue weighted by Crippen LogP contribution is 2.27. The number of pyridine rings is 1. The lowest BCUT2D eigenvalue weighted by atomic mass is 9.90. The van der Waals surface area contributed by atoms with Crippen molar-refractivity contribution in [3.63, 3.8) is 0 Å². The van der Waals surface area contributed by atoms with E-state index in [0.717, 1.165) is 12.0 Å². The van der Waals surface area contributed by atoms with Gasteiger partial charge in [-0.3, -0.25) is 4.98 Å². The van der Waals surface area contributed by atoms with Crippen molar-refractivity contribution in [3.05, 3.63) is 65.7 Å². The van der Waals surface area contributed by atoms with Crippen molar-refractivity contribution in [1.82, 2.24) is 11.1 Å². The molecule has 0 amide bonds. The summed E-state index contributed by atoms with van der Waals surface area (Å²) in [4.78, 5) is 4.01. The third-order valence-corrected chi connectivity index (χ3v) is 2.79. The fourth-order valence-electron chi connectivity index (χ4n) is 1.95. The summed E-state index contributed by atoms with van der Waals surface area (Å²) in [6, 6.07) is 10.8. The van der Waals surface area contributed by atoms with Crippen LogP contribution in [0.15, 0.2) is 48.8 Å². The number of nitrogens with zero attached hydrogens (tertiary/aromatic N) is 1. The van der Waals surface area contributed by atoms with E-state index in [-0.39, 0.29) is 12.0 Å². The zero-order valence-corrected chi connectivity index (χ0v) is 9.94. The molecule has 0 aliphatic rings. The first-order chi connectivity index (χ1) is 7.81. The summed E-state index contributed by atoms with van der Waals surface area (Å²) in [5.74, 6) is 0.136. The van der Waals surface area contributed by atoms with Gasteiger partial charge >= 0.3 is 0 Å². The summed E-state index contributed by atoms with van der Waals surface area (Å²) in [6.07, 6.45) is 4.58. The zero-order valence-electron chi connectivity index (χ0n) is 9.94. The number of aromatic nitrogens is 1. The van der Waals surface area contributed by atoms with E-state index in [1.807, 2.05) is 24.3 Å². The lowest BCUT2D eigenvalue weighted by molar-refractivity contribution is 0.625. The molecule has 0 saturated carbocycles. The Hall–Kier alpha value is -1.74. The van der Waals surface area contributed by atoms with Gasteiger partial charge in [0.25, 0.3) is 0 Å². The Morgan fingerprint density at radius 2 is 1.53 bits per heavy atom. The third-order valence-electron chi connectivity index (χ3n) is 2.79. The first-order valence-corrected chi connectivity index (χ1v) is 5.46. The van der Waals surface area contributed by atoms with Crippen LogP contribution in [-0.2, 0) is 0 Å². The molecule has 2 rings (SSSR count). The molecule has 0 fully saturated rings. The van der Waals surface area contributed by atoms with E-state index in [2.05, 4.69) is 11.9 Å². The molecule has 17 heavy (non-hydrogen) atoms. The zero-order chi connectivity index (χ0) is 11.4. The summed E-state index contributed by atoms with van der Waals surface area (Å²) in [6.45, 7) is 2.13. The topological polar surface area (TPSA) is 47.9 Å². The molecule has 90 valence electrons. The van der Waals surface area contributed by atoms with Crippen molar-refractivity contribution in [1.29, 1.82) is 0 Å². The molecular weight excluding hydrogens is 215 g/mol. The van der Waals surface area contributed by atoms with Crippen LogP contribution in [0.2, 0.25) is 0 Å².